The van der Waals surface area contributed by atoms with E-state index in [4.69, 9.17) is 5.11 Å². The Balaban J connectivity index is 0.000000149. The standard InChI is InChI=1S/2C10H9NO.C10H8O.Ga/c2*1-7-5-6-8-3-2-4-9(12)10(8)11-7;11-10-6-5-8-3-1-2-4-9(8)7-10;/h2*2-6,12H,1H3;1-7,11H;. The first-order valence-corrected chi connectivity index (χ1v) is 11.2. The van der Waals surface area contributed by atoms with Gasteiger partial charge >= 0.3 is 0 Å². The van der Waals surface area contributed by atoms with Crippen molar-refractivity contribution in [3.63, 3.8) is 0 Å². The number of hydrogen-bond donors (Lipinski definition) is 3. The molecule has 36 heavy (non-hydrogen) atoms. The number of phenolic OH excluding ortho intramolecular Hbond substituents is 3. The van der Waals surface area contributed by atoms with Gasteiger partial charge < -0.3 is 15.3 Å². The zero-order valence-electron chi connectivity index (χ0n) is 20.1. The van der Waals surface area contributed by atoms with Crippen LogP contribution in [0.2, 0.25) is 0 Å². The molecule has 4 aromatic carbocycles. The fourth-order valence-electron chi connectivity index (χ4n) is 3.63. The second-order valence-corrected chi connectivity index (χ2v) is 8.13. The largest absolute Gasteiger partial charge is 0.508 e. The van der Waals surface area contributed by atoms with Crippen molar-refractivity contribution in [1.82, 2.24) is 9.97 Å². The Morgan fingerprint density at radius 2 is 0.917 bits per heavy atom. The van der Waals surface area contributed by atoms with Crippen LogP contribution in [0, 0.1) is 13.8 Å². The van der Waals surface area contributed by atoms with Crippen molar-refractivity contribution in [2.45, 2.75) is 13.8 Å². The number of aromatic nitrogens is 2. The van der Waals surface area contributed by atoms with E-state index in [9.17, 15) is 10.2 Å². The third kappa shape index (κ3) is 6.56. The van der Waals surface area contributed by atoms with E-state index in [0.717, 1.165) is 32.9 Å². The maximum atomic E-state index is 9.43. The first-order chi connectivity index (χ1) is 16.9. The van der Waals surface area contributed by atoms with E-state index in [1.165, 1.54) is 0 Å². The summed E-state index contributed by atoms with van der Waals surface area (Å²) in [5, 5.41) is 32.2. The molecule has 0 saturated carbocycles. The van der Waals surface area contributed by atoms with Gasteiger partial charge in [-0.2, -0.15) is 0 Å². The SMILES string of the molecule is Cc1ccc2cccc(O)c2n1.Cc1ccc2cccc(O)c2n1.Oc1ccc2ccccc2c1.[Ga]. The number of hydrogen-bond acceptors (Lipinski definition) is 5. The number of para-hydroxylation sites is 2. The van der Waals surface area contributed by atoms with Gasteiger partial charge in [0.25, 0.3) is 0 Å². The smallest absolute Gasteiger partial charge is 0.141 e. The summed E-state index contributed by atoms with van der Waals surface area (Å²) in [7, 11) is 0. The molecule has 0 bridgehead atoms. The number of aromatic hydroxyl groups is 3. The molecule has 0 saturated heterocycles. The normalized spacial score (nSPS) is 10.1. The van der Waals surface area contributed by atoms with E-state index in [-0.39, 0.29) is 31.3 Å². The molecule has 6 rings (SSSR count). The van der Waals surface area contributed by atoms with Crippen LogP contribution in [0.25, 0.3) is 32.6 Å². The Morgan fingerprint density at radius 1 is 0.472 bits per heavy atom. The summed E-state index contributed by atoms with van der Waals surface area (Å²) in [6.07, 6.45) is 0. The topological polar surface area (TPSA) is 86.5 Å². The average Bonchev–Trinajstić information content (AvgIpc) is 2.86. The average molecular weight is 532 g/mol. The molecule has 3 N–H and O–H groups in total. The predicted molar refractivity (Wildman–Crippen MR) is 148 cm³/mol. The summed E-state index contributed by atoms with van der Waals surface area (Å²) in [6, 6.07) is 31.9. The van der Waals surface area contributed by atoms with Crippen LogP contribution in [0.3, 0.4) is 0 Å². The molecule has 2 aromatic heterocycles. The summed E-state index contributed by atoms with van der Waals surface area (Å²) in [6.45, 7) is 3.82. The molecule has 0 amide bonds. The van der Waals surface area contributed by atoms with Crippen molar-refractivity contribution in [3.05, 3.63) is 115 Å². The van der Waals surface area contributed by atoms with Crippen LogP contribution < -0.4 is 0 Å². The second kappa shape index (κ2) is 12.1. The molecule has 0 aliphatic rings. The van der Waals surface area contributed by atoms with Crippen molar-refractivity contribution < 1.29 is 15.3 Å². The molecule has 0 fully saturated rings. The number of phenols is 3. The molecule has 0 spiro atoms. The molecule has 3 radical (unpaired) electrons. The fourth-order valence-corrected chi connectivity index (χ4v) is 3.63. The third-order valence-corrected chi connectivity index (χ3v) is 5.41. The van der Waals surface area contributed by atoms with Gasteiger partial charge in [-0.15, -0.1) is 0 Å². The number of fused-ring (bicyclic) bond motifs is 3. The zero-order valence-corrected chi connectivity index (χ0v) is 22.6. The Morgan fingerprint density at radius 3 is 1.44 bits per heavy atom. The molecule has 5 nitrogen and oxygen atoms in total. The summed E-state index contributed by atoms with van der Waals surface area (Å²) >= 11 is 0. The minimum absolute atomic E-state index is 0. The summed E-state index contributed by atoms with van der Waals surface area (Å²) in [5.41, 5.74) is 3.20. The van der Waals surface area contributed by atoms with Crippen LogP contribution in [0.4, 0.5) is 0 Å². The number of rotatable bonds is 0. The van der Waals surface area contributed by atoms with Crippen LogP contribution in [0.5, 0.6) is 17.2 Å². The van der Waals surface area contributed by atoms with E-state index in [1.54, 1.807) is 24.3 Å². The van der Waals surface area contributed by atoms with E-state index in [1.807, 2.05) is 92.7 Å². The molecule has 0 aliphatic carbocycles. The Kier molecular flexibility index (Phi) is 8.95. The molecule has 0 unspecified atom stereocenters. The van der Waals surface area contributed by atoms with Crippen LogP contribution >= 0.6 is 0 Å². The van der Waals surface area contributed by atoms with Gasteiger partial charge in [0.05, 0.1) is 0 Å². The molecule has 2 heterocycles. The van der Waals surface area contributed by atoms with Gasteiger partial charge in [-0.1, -0.05) is 66.7 Å². The molecular weight excluding hydrogens is 506 g/mol. The fraction of sp³-hybridized carbons (Fsp3) is 0.0667. The van der Waals surface area contributed by atoms with Crippen molar-refractivity contribution in [3.8, 4) is 17.2 Å². The third-order valence-electron chi connectivity index (χ3n) is 5.41. The number of pyridine rings is 2. The van der Waals surface area contributed by atoms with Crippen LogP contribution in [0.15, 0.2) is 103 Å². The van der Waals surface area contributed by atoms with E-state index < -0.39 is 0 Å². The molecular formula is C30H26GaN2O3. The van der Waals surface area contributed by atoms with E-state index >= 15 is 0 Å². The van der Waals surface area contributed by atoms with Crippen LogP contribution in [0.1, 0.15) is 11.4 Å². The van der Waals surface area contributed by atoms with Crippen molar-refractivity contribution in [2.75, 3.05) is 0 Å². The van der Waals surface area contributed by atoms with Crippen LogP contribution in [-0.4, -0.2) is 45.1 Å². The van der Waals surface area contributed by atoms with Gasteiger partial charge in [-0.3, -0.25) is 0 Å². The minimum atomic E-state index is 0. The first kappa shape index (κ1) is 26.6. The summed E-state index contributed by atoms with van der Waals surface area (Å²) < 4.78 is 0. The van der Waals surface area contributed by atoms with Gasteiger partial charge in [-0.05, 0) is 61.0 Å². The quantitative estimate of drug-likeness (QED) is 0.191. The monoisotopic (exact) mass is 531 g/mol. The Hall–Kier alpha value is -4.00. The van der Waals surface area contributed by atoms with E-state index in [0.29, 0.717) is 16.8 Å². The Bertz CT molecular complexity index is 1540. The molecule has 177 valence electrons. The van der Waals surface area contributed by atoms with Crippen molar-refractivity contribution >= 4 is 52.4 Å². The van der Waals surface area contributed by atoms with Gasteiger partial charge in [0.1, 0.15) is 28.3 Å². The van der Waals surface area contributed by atoms with Crippen molar-refractivity contribution in [2.24, 2.45) is 0 Å². The molecule has 0 aliphatic heterocycles. The predicted octanol–water partition coefficient (Wildman–Crippen LogP) is 6.66. The second-order valence-electron chi connectivity index (χ2n) is 8.13. The maximum absolute atomic E-state index is 9.43. The first-order valence-electron chi connectivity index (χ1n) is 11.2. The molecule has 0 atom stereocenters. The maximum Gasteiger partial charge on any atom is 0.141 e. The molecule has 6 heteroatoms. The van der Waals surface area contributed by atoms with Gasteiger partial charge in [0.15, 0.2) is 0 Å². The minimum Gasteiger partial charge on any atom is -0.508 e. The number of nitrogens with zero attached hydrogens (tertiary/aromatic N) is 2. The number of benzene rings is 4. The zero-order chi connectivity index (χ0) is 24.8. The van der Waals surface area contributed by atoms with Crippen LogP contribution in [-0.2, 0) is 0 Å². The van der Waals surface area contributed by atoms with Gasteiger partial charge in [0, 0.05) is 42.0 Å². The summed E-state index contributed by atoms with van der Waals surface area (Å²) in [5.74, 6) is 0.816. The molecule has 6 aromatic rings. The number of aryl methyl sites for hydroxylation is 2. The Labute approximate surface area is 222 Å². The van der Waals surface area contributed by atoms with Crippen molar-refractivity contribution in [1.29, 1.82) is 0 Å². The van der Waals surface area contributed by atoms with Gasteiger partial charge in [-0.25, -0.2) is 9.97 Å². The van der Waals surface area contributed by atoms with Gasteiger partial charge in [0.2, 0.25) is 0 Å². The van der Waals surface area contributed by atoms with E-state index in [2.05, 4.69) is 9.97 Å². The summed E-state index contributed by atoms with van der Waals surface area (Å²) in [4.78, 5) is 8.45.